The van der Waals surface area contributed by atoms with E-state index in [1.807, 2.05) is 6.07 Å². The number of hydrogen-bond donors (Lipinski definition) is 1. The maximum atomic E-state index is 13.9. The third-order valence-corrected chi connectivity index (χ3v) is 5.93. The van der Waals surface area contributed by atoms with Crippen molar-refractivity contribution in [2.75, 3.05) is 6.79 Å². The number of amides is 1. The summed E-state index contributed by atoms with van der Waals surface area (Å²) < 4.78 is 30.5. The molecule has 164 valence electrons. The van der Waals surface area contributed by atoms with Gasteiger partial charge < -0.3 is 23.9 Å². The lowest BCUT2D eigenvalue weighted by atomic mass is 9.98. The minimum absolute atomic E-state index is 0.0539. The molecule has 1 atom stereocenters. The first-order chi connectivity index (χ1) is 16.0. The highest BCUT2D eigenvalue weighted by Crippen LogP contribution is 2.40. The molecule has 2 aliphatic rings. The van der Waals surface area contributed by atoms with Gasteiger partial charge in [0.15, 0.2) is 16.9 Å². The van der Waals surface area contributed by atoms with Crippen molar-refractivity contribution >= 4 is 16.9 Å². The Morgan fingerprint density at radius 2 is 1.76 bits per heavy atom. The summed E-state index contributed by atoms with van der Waals surface area (Å²) in [5.41, 5.74) is 1.20. The number of phenolic OH excluding ortho intramolecular Hbond substituents is 1. The summed E-state index contributed by atoms with van der Waals surface area (Å²) in [7, 11) is 0. The number of nitrogens with zero attached hydrogens (tertiary/aromatic N) is 1. The SMILES string of the molecule is O=C1c2oc3ccc(F)cc3c(=O)c2[C@@H](c2ccc(O)cc2)N1Cc1ccc2c(c1)OCO2. The van der Waals surface area contributed by atoms with E-state index < -0.39 is 23.2 Å². The molecule has 4 aromatic rings. The van der Waals surface area contributed by atoms with Gasteiger partial charge in [0.25, 0.3) is 5.91 Å². The van der Waals surface area contributed by atoms with Crippen LogP contribution in [0, 0.1) is 5.82 Å². The lowest BCUT2D eigenvalue weighted by molar-refractivity contribution is 0.0714. The molecule has 1 N–H and O–H groups in total. The third-order valence-electron chi connectivity index (χ3n) is 5.93. The van der Waals surface area contributed by atoms with Crippen LogP contribution in [0.25, 0.3) is 11.0 Å². The highest BCUT2D eigenvalue weighted by molar-refractivity contribution is 5.99. The van der Waals surface area contributed by atoms with Crippen molar-refractivity contribution in [2.45, 2.75) is 12.6 Å². The molecule has 0 aliphatic carbocycles. The molecule has 0 saturated carbocycles. The molecule has 7 nitrogen and oxygen atoms in total. The summed E-state index contributed by atoms with van der Waals surface area (Å²) in [6.07, 6.45) is 0. The largest absolute Gasteiger partial charge is 0.508 e. The number of carbonyl (C=O) groups excluding carboxylic acids is 1. The fraction of sp³-hybridized carbons (Fsp3) is 0.120. The summed E-state index contributed by atoms with van der Waals surface area (Å²) in [5, 5.41) is 9.80. The highest BCUT2D eigenvalue weighted by Gasteiger charge is 2.42. The normalized spacial score (nSPS) is 16.5. The zero-order chi connectivity index (χ0) is 22.7. The van der Waals surface area contributed by atoms with Crippen LogP contribution in [0.2, 0.25) is 0 Å². The number of benzene rings is 3. The van der Waals surface area contributed by atoms with E-state index in [-0.39, 0.29) is 41.4 Å². The van der Waals surface area contributed by atoms with Crippen molar-refractivity contribution in [3.63, 3.8) is 0 Å². The molecule has 8 heteroatoms. The van der Waals surface area contributed by atoms with Gasteiger partial charge in [0, 0.05) is 6.54 Å². The Kier molecular flexibility index (Phi) is 4.16. The van der Waals surface area contributed by atoms with E-state index in [9.17, 15) is 19.1 Å². The Hall–Kier alpha value is -4.33. The molecule has 6 rings (SSSR count). The Morgan fingerprint density at radius 1 is 0.970 bits per heavy atom. The molecule has 2 aliphatic heterocycles. The smallest absolute Gasteiger partial charge is 0.291 e. The van der Waals surface area contributed by atoms with Crippen molar-refractivity contribution in [3.05, 3.63) is 99.2 Å². The number of halogens is 1. The predicted molar refractivity (Wildman–Crippen MR) is 115 cm³/mol. The second kappa shape index (κ2) is 7.09. The standard InChI is InChI=1S/C25H16FNO6/c26-15-4-8-18-17(10-15)23(29)21-22(14-2-5-16(28)6-3-14)27(25(30)24(21)33-18)11-13-1-7-19-20(9-13)32-12-31-19/h1-10,22,28H,11-12H2/t22-/m1/s1. The maximum absolute atomic E-state index is 13.9. The number of ether oxygens (including phenoxy) is 2. The Morgan fingerprint density at radius 3 is 2.58 bits per heavy atom. The molecule has 0 saturated heterocycles. The molecule has 0 fully saturated rings. The first-order valence-electron chi connectivity index (χ1n) is 10.2. The Balaban J connectivity index is 1.52. The van der Waals surface area contributed by atoms with Crippen LogP contribution in [0.3, 0.4) is 0 Å². The Bertz CT molecular complexity index is 1490. The number of rotatable bonds is 3. The summed E-state index contributed by atoms with van der Waals surface area (Å²) in [6.45, 7) is 0.292. The molecule has 1 amide bonds. The van der Waals surface area contributed by atoms with Gasteiger partial charge in [0.1, 0.15) is 17.1 Å². The van der Waals surface area contributed by atoms with E-state index in [0.717, 1.165) is 11.6 Å². The van der Waals surface area contributed by atoms with Crippen LogP contribution in [0.4, 0.5) is 4.39 Å². The molecule has 3 heterocycles. The summed E-state index contributed by atoms with van der Waals surface area (Å²) >= 11 is 0. The first kappa shape index (κ1) is 19.4. The molecule has 0 bridgehead atoms. The van der Waals surface area contributed by atoms with Gasteiger partial charge in [0.05, 0.1) is 17.0 Å². The molecular formula is C25H16FNO6. The zero-order valence-corrected chi connectivity index (χ0v) is 17.1. The fourth-order valence-electron chi connectivity index (χ4n) is 4.39. The van der Waals surface area contributed by atoms with E-state index in [0.29, 0.717) is 17.1 Å². The van der Waals surface area contributed by atoms with Gasteiger partial charge in [-0.1, -0.05) is 18.2 Å². The van der Waals surface area contributed by atoms with Gasteiger partial charge in [-0.05, 0) is 53.6 Å². The van der Waals surface area contributed by atoms with Crippen molar-refractivity contribution < 1.29 is 28.2 Å². The quantitative estimate of drug-likeness (QED) is 0.511. The highest BCUT2D eigenvalue weighted by atomic mass is 19.1. The summed E-state index contributed by atoms with van der Waals surface area (Å²) in [6, 6.07) is 14.5. The van der Waals surface area contributed by atoms with Gasteiger partial charge in [-0.3, -0.25) is 9.59 Å². The van der Waals surface area contributed by atoms with Crippen LogP contribution in [0.15, 0.2) is 69.9 Å². The zero-order valence-electron chi connectivity index (χ0n) is 17.1. The molecular weight excluding hydrogens is 429 g/mol. The minimum Gasteiger partial charge on any atom is -0.508 e. The molecule has 3 aromatic carbocycles. The molecule has 0 spiro atoms. The summed E-state index contributed by atoms with van der Waals surface area (Å²) in [5.74, 6) is 0.154. The first-order valence-corrected chi connectivity index (χ1v) is 10.2. The third kappa shape index (κ3) is 3.02. The summed E-state index contributed by atoms with van der Waals surface area (Å²) in [4.78, 5) is 28.4. The van der Waals surface area contributed by atoms with E-state index >= 15 is 0 Å². The van der Waals surface area contributed by atoms with Gasteiger partial charge in [-0.25, -0.2) is 4.39 Å². The number of phenols is 1. The van der Waals surface area contributed by atoms with E-state index in [4.69, 9.17) is 13.9 Å². The molecule has 33 heavy (non-hydrogen) atoms. The predicted octanol–water partition coefficient (Wildman–Crippen LogP) is 4.11. The molecule has 1 aromatic heterocycles. The van der Waals surface area contributed by atoms with Crippen LogP contribution in [0.1, 0.15) is 33.3 Å². The number of hydrogen-bond acceptors (Lipinski definition) is 6. The van der Waals surface area contributed by atoms with Crippen molar-refractivity contribution in [3.8, 4) is 17.2 Å². The van der Waals surface area contributed by atoms with Crippen LogP contribution in [0.5, 0.6) is 17.2 Å². The van der Waals surface area contributed by atoms with Crippen molar-refractivity contribution in [1.29, 1.82) is 0 Å². The lowest BCUT2D eigenvalue weighted by Gasteiger charge is -2.25. The lowest BCUT2D eigenvalue weighted by Crippen LogP contribution is -2.29. The van der Waals surface area contributed by atoms with E-state index in [2.05, 4.69) is 0 Å². The molecule has 0 radical (unpaired) electrons. The Labute approximate surface area is 186 Å². The van der Waals surface area contributed by atoms with Crippen LogP contribution >= 0.6 is 0 Å². The maximum Gasteiger partial charge on any atom is 0.291 e. The second-order valence-corrected chi connectivity index (χ2v) is 7.93. The average Bonchev–Trinajstić information content (AvgIpc) is 3.38. The number of aromatic hydroxyl groups is 1. The van der Waals surface area contributed by atoms with Gasteiger partial charge in [-0.15, -0.1) is 0 Å². The van der Waals surface area contributed by atoms with Crippen LogP contribution in [-0.2, 0) is 6.54 Å². The van der Waals surface area contributed by atoms with Gasteiger partial charge >= 0.3 is 0 Å². The van der Waals surface area contributed by atoms with Crippen LogP contribution in [-0.4, -0.2) is 22.7 Å². The molecule has 0 unspecified atom stereocenters. The topological polar surface area (TPSA) is 89.2 Å². The average molecular weight is 445 g/mol. The van der Waals surface area contributed by atoms with Gasteiger partial charge in [-0.2, -0.15) is 0 Å². The fourth-order valence-corrected chi connectivity index (χ4v) is 4.39. The monoisotopic (exact) mass is 445 g/mol. The minimum atomic E-state index is -0.776. The van der Waals surface area contributed by atoms with E-state index in [1.54, 1.807) is 24.3 Å². The van der Waals surface area contributed by atoms with E-state index in [1.165, 1.54) is 29.2 Å². The number of fused-ring (bicyclic) bond motifs is 3. The number of carbonyl (C=O) groups is 1. The van der Waals surface area contributed by atoms with Crippen LogP contribution < -0.4 is 14.9 Å². The second-order valence-electron chi connectivity index (χ2n) is 7.93. The van der Waals surface area contributed by atoms with Crippen molar-refractivity contribution in [2.24, 2.45) is 0 Å². The van der Waals surface area contributed by atoms with Crippen molar-refractivity contribution in [1.82, 2.24) is 4.90 Å². The van der Waals surface area contributed by atoms with Gasteiger partial charge in [0.2, 0.25) is 12.6 Å².